The van der Waals surface area contributed by atoms with E-state index in [1.165, 1.54) is 0 Å². The van der Waals surface area contributed by atoms with Crippen LogP contribution in [0.3, 0.4) is 0 Å². The van der Waals surface area contributed by atoms with Crippen LogP contribution in [0.5, 0.6) is 0 Å². The number of hydrogen-bond acceptors (Lipinski definition) is 4. The summed E-state index contributed by atoms with van der Waals surface area (Å²) in [5.74, 6) is -1.09. The fraction of sp³-hybridized carbons (Fsp3) is 0.308. The quantitative estimate of drug-likeness (QED) is 0.931. The molecule has 1 fully saturated rings. The molecule has 1 N–H and O–H groups in total. The molecule has 1 saturated heterocycles. The van der Waals surface area contributed by atoms with Gasteiger partial charge in [-0.1, -0.05) is 17.3 Å². The van der Waals surface area contributed by atoms with E-state index < -0.39 is 5.97 Å². The Labute approximate surface area is 123 Å². The second kappa shape index (κ2) is 5.34. The molecule has 0 amide bonds. The van der Waals surface area contributed by atoms with Gasteiger partial charge >= 0.3 is 5.97 Å². The maximum atomic E-state index is 11.3. The van der Waals surface area contributed by atoms with E-state index in [9.17, 15) is 9.90 Å². The number of carboxylic acid groups (broad SMARTS) is 1. The average Bonchev–Trinajstić information content (AvgIpc) is 3.07. The van der Waals surface area contributed by atoms with Crippen LogP contribution in [0.15, 0.2) is 28.7 Å². The van der Waals surface area contributed by atoms with Crippen molar-refractivity contribution in [1.82, 2.24) is 15.0 Å². The Morgan fingerprint density at radius 3 is 2.90 bits per heavy atom. The number of nitrogens with zero attached hydrogens (tertiary/aromatic N) is 3. The molecule has 0 radical (unpaired) electrons. The largest absolute Gasteiger partial charge is 0.476 e. The molecule has 1 unspecified atom stereocenters. The molecule has 6 nitrogen and oxygen atoms in total. The molecule has 3 rings (SSSR count). The highest BCUT2D eigenvalue weighted by Crippen LogP contribution is 2.33. The minimum atomic E-state index is -1.09. The third-order valence-corrected chi connectivity index (χ3v) is 3.89. The third kappa shape index (κ3) is 2.23. The Balaban J connectivity index is 2.16. The number of para-hydroxylation sites is 1. The summed E-state index contributed by atoms with van der Waals surface area (Å²) >= 11 is 3.45. The van der Waals surface area contributed by atoms with Crippen molar-refractivity contribution in [3.63, 3.8) is 0 Å². The minimum absolute atomic E-state index is 0.0485. The van der Waals surface area contributed by atoms with Crippen LogP contribution in [0.1, 0.15) is 35.1 Å². The molecule has 1 atom stereocenters. The highest BCUT2D eigenvalue weighted by Gasteiger charge is 2.30. The van der Waals surface area contributed by atoms with Crippen molar-refractivity contribution in [2.45, 2.75) is 18.9 Å². The molecule has 0 aliphatic carbocycles. The van der Waals surface area contributed by atoms with E-state index in [4.69, 9.17) is 4.74 Å². The Morgan fingerprint density at radius 1 is 1.45 bits per heavy atom. The summed E-state index contributed by atoms with van der Waals surface area (Å²) in [4.78, 5) is 11.3. The van der Waals surface area contributed by atoms with E-state index >= 15 is 0 Å². The van der Waals surface area contributed by atoms with Gasteiger partial charge in [-0.15, -0.1) is 5.10 Å². The Bertz CT molecular complexity index is 650. The highest BCUT2D eigenvalue weighted by molar-refractivity contribution is 9.10. The first-order chi connectivity index (χ1) is 9.68. The maximum absolute atomic E-state index is 11.3. The van der Waals surface area contributed by atoms with E-state index in [1.54, 1.807) is 4.68 Å². The molecule has 0 saturated carbocycles. The van der Waals surface area contributed by atoms with Crippen LogP contribution in [0.2, 0.25) is 0 Å². The first-order valence-corrected chi connectivity index (χ1v) is 7.03. The molecule has 2 heterocycles. The zero-order valence-electron chi connectivity index (χ0n) is 10.5. The second-order valence-electron chi connectivity index (χ2n) is 4.49. The molecule has 0 spiro atoms. The molecule has 2 aromatic rings. The maximum Gasteiger partial charge on any atom is 0.358 e. The zero-order chi connectivity index (χ0) is 14.1. The van der Waals surface area contributed by atoms with Gasteiger partial charge in [-0.3, -0.25) is 0 Å². The van der Waals surface area contributed by atoms with Gasteiger partial charge in [0.25, 0.3) is 0 Å². The van der Waals surface area contributed by atoms with Gasteiger partial charge in [0.05, 0.1) is 5.69 Å². The first-order valence-electron chi connectivity index (χ1n) is 6.24. The molecule has 1 aromatic heterocycles. The predicted molar refractivity (Wildman–Crippen MR) is 73.9 cm³/mol. The van der Waals surface area contributed by atoms with Crippen molar-refractivity contribution in [2.24, 2.45) is 0 Å². The standard InChI is InChI=1S/C13H12BrN3O3/c14-8-4-1-2-5-9(8)17-12(10-6-3-7-20-10)11(13(18)19)15-16-17/h1-2,4-5,10H,3,6-7H2,(H,18,19). The summed E-state index contributed by atoms with van der Waals surface area (Å²) in [6, 6.07) is 7.47. The fourth-order valence-corrected chi connectivity index (χ4v) is 2.78. The van der Waals surface area contributed by atoms with E-state index in [0.29, 0.717) is 12.3 Å². The van der Waals surface area contributed by atoms with Crippen LogP contribution in [0, 0.1) is 0 Å². The molecule has 104 valence electrons. The molecule has 0 bridgehead atoms. The lowest BCUT2D eigenvalue weighted by Gasteiger charge is -2.13. The van der Waals surface area contributed by atoms with Gasteiger partial charge < -0.3 is 9.84 Å². The number of benzene rings is 1. The summed E-state index contributed by atoms with van der Waals surface area (Å²) in [5.41, 5.74) is 1.20. The van der Waals surface area contributed by atoms with Crippen LogP contribution < -0.4 is 0 Å². The lowest BCUT2D eigenvalue weighted by atomic mass is 10.1. The third-order valence-electron chi connectivity index (χ3n) is 3.22. The predicted octanol–water partition coefficient (Wildman–Crippen LogP) is 2.58. The van der Waals surface area contributed by atoms with E-state index in [1.807, 2.05) is 24.3 Å². The van der Waals surface area contributed by atoms with Crippen molar-refractivity contribution < 1.29 is 14.6 Å². The number of aromatic carboxylic acids is 1. The van der Waals surface area contributed by atoms with E-state index in [2.05, 4.69) is 26.2 Å². The molecule has 1 aliphatic rings. The number of carboxylic acids is 1. The molecule has 20 heavy (non-hydrogen) atoms. The number of rotatable bonds is 3. The van der Waals surface area contributed by atoms with Crippen molar-refractivity contribution in [1.29, 1.82) is 0 Å². The second-order valence-corrected chi connectivity index (χ2v) is 5.35. The first kappa shape index (κ1) is 13.3. The smallest absolute Gasteiger partial charge is 0.358 e. The van der Waals surface area contributed by atoms with Crippen molar-refractivity contribution in [3.05, 3.63) is 40.1 Å². The monoisotopic (exact) mass is 337 g/mol. The van der Waals surface area contributed by atoms with Crippen molar-refractivity contribution in [3.8, 4) is 5.69 Å². The summed E-state index contributed by atoms with van der Waals surface area (Å²) < 4.78 is 7.98. The van der Waals surface area contributed by atoms with Gasteiger partial charge in [0.15, 0.2) is 5.69 Å². The zero-order valence-corrected chi connectivity index (χ0v) is 12.1. The lowest BCUT2D eigenvalue weighted by Crippen LogP contribution is -2.11. The lowest BCUT2D eigenvalue weighted by molar-refractivity contribution is 0.0673. The van der Waals surface area contributed by atoms with Crippen LogP contribution in [-0.2, 0) is 4.74 Å². The summed E-state index contributed by atoms with van der Waals surface area (Å²) in [5, 5.41) is 17.1. The van der Waals surface area contributed by atoms with Gasteiger partial charge in [-0.2, -0.15) is 0 Å². The van der Waals surface area contributed by atoms with Crippen LogP contribution in [0.4, 0.5) is 0 Å². The van der Waals surface area contributed by atoms with Gasteiger partial charge in [-0.25, -0.2) is 9.48 Å². The van der Waals surface area contributed by atoms with E-state index in [0.717, 1.165) is 23.0 Å². The molecule has 1 aliphatic heterocycles. The summed E-state index contributed by atoms with van der Waals surface area (Å²) in [7, 11) is 0. The van der Waals surface area contributed by atoms with Crippen LogP contribution >= 0.6 is 15.9 Å². The number of carbonyl (C=O) groups is 1. The van der Waals surface area contributed by atoms with Crippen molar-refractivity contribution in [2.75, 3.05) is 6.61 Å². The Morgan fingerprint density at radius 2 is 2.25 bits per heavy atom. The van der Waals surface area contributed by atoms with Gasteiger partial charge in [0, 0.05) is 11.1 Å². The molecule has 7 heteroatoms. The Kier molecular flexibility index (Phi) is 3.54. The SMILES string of the molecule is O=C(O)c1nnn(-c2ccccc2Br)c1C1CCCO1. The topological polar surface area (TPSA) is 77.2 Å². The number of halogens is 1. The van der Waals surface area contributed by atoms with Crippen LogP contribution in [0.25, 0.3) is 5.69 Å². The molecule has 1 aromatic carbocycles. The average molecular weight is 338 g/mol. The number of hydrogen-bond donors (Lipinski definition) is 1. The highest BCUT2D eigenvalue weighted by atomic mass is 79.9. The van der Waals surface area contributed by atoms with Crippen LogP contribution in [-0.4, -0.2) is 32.7 Å². The van der Waals surface area contributed by atoms with Gasteiger partial charge in [0.1, 0.15) is 11.8 Å². The van der Waals surface area contributed by atoms with Crippen molar-refractivity contribution >= 4 is 21.9 Å². The van der Waals surface area contributed by atoms with Gasteiger partial charge in [-0.05, 0) is 40.9 Å². The minimum Gasteiger partial charge on any atom is -0.476 e. The summed E-state index contributed by atoms with van der Waals surface area (Å²) in [6.07, 6.45) is 1.41. The van der Waals surface area contributed by atoms with E-state index in [-0.39, 0.29) is 11.8 Å². The van der Waals surface area contributed by atoms with Gasteiger partial charge in [0.2, 0.25) is 0 Å². The number of aromatic nitrogens is 3. The Hall–Kier alpha value is -1.73. The summed E-state index contributed by atoms with van der Waals surface area (Å²) in [6.45, 7) is 0.630. The molecular weight excluding hydrogens is 326 g/mol. The fourth-order valence-electron chi connectivity index (χ4n) is 2.33. The number of ether oxygens (including phenoxy) is 1. The molecular formula is C13H12BrN3O3. The normalized spacial score (nSPS) is 18.4.